The number of imidazole rings is 1. The molecule has 0 fully saturated rings. The highest BCUT2D eigenvalue weighted by Crippen LogP contribution is 2.27. The van der Waals surface area contributed by atoms with Gasteiger partial charge in [-0.15, -0.1) is 11.3 Å². The minimum absolute atomic E-state index is 0.174. The number of aryl methyl sites for hydroxylation is 1. The van der Waals surface area contributed by atoms with Crippen LogP contribution in [-0.2, 0) is 13.6 Å². The van der Waals surface area contributed by atoms with E-state index in [0.717, 1.165) is 21.8 Å². The number of aromatic hydroxyl groups is 1. The molecule has 0 saturated carbocycles. The van der Waals surface area contributed by atoms with E-state index in [0.29, 0.717) is 22.7 Å². The van der Waals surface area contributed by atoms with Gasteiger partial charge in [-0.05, 0) is 24.3 Å². The number of hydrogen-bond donors (Lipinski definition) is 2. The minimum Gasteiger partial charge on any atom is -0.506 e. The summed E-state index contributed by atoms with van der Waals surface area (Å²) >= 11 is 7.50. The standard InChI is InChI=1S/C18H15ClN4OS/c1-22-16-14(3-2-4-15(16)24)23(18(22)20)9-13-10-25-17(21-13)11-5-7-12(19)8-6-11/h2-8,10,20,24H,9H2,1H3. The summed E-state index contributed by atoms with van der Waals surface area (Å²) in [5, 5.41) is 22.0. The zero-order valence-electron chi connectivity index (χ0n) is 13.4. The van der Waals surface area contributed by atoms with Gasteiger partial charge in [0, 0.05) is 23.0 Å². The van der Waals surface area contributed by atoms with Crippen LogP contribution in [0.2, 0.25) is 5.02 Å². The molecule has 2 heterocycles. The molecule has 0 aliphatic rings. The average molecular weight is 371 g/mol. The third-order valence-corrected chi connectivity index (χ3v) is 5.35. The largest absolute Gasteiger partial charge is 0.506 e. The summed E-state index contributed by atoms with van der Waals surface area (Å²) in [5.74, 6) is 0.174. The van der Waals surface area contributed by atoms with Gasteiger partial charge in [0.2, 0.25) is 5.62 Å². The van der Waals surface area contributed by atoms with Crippen LogP contribution in [0.15, 0.2) is 47.8 Å². The first-order valence-corrected chi connectivity index (χ1v) is 8.92. The third-order valence-electron chi connectivity index (χ3n) is 4.16. The van der Waals surface area contributed by atoms with Gasteiger partial charge in [0.15, 0.2) is 0 Å². The van der Waals surface area contributed by atoms with Crippen molar-refractivity contribution in [1.29, 1.82) is 5.41 Å². The highest BCUT2D eigenvalue weighted by atomic mass is 35.5. The Morgan fingerprint density at radius 2 is 1.96 bits per heavy atom. The Labute approximate surface area is 152 Å². The summed E-state index contributed by atoms with van der Waals surface area (Å²) in [4.78, 5) is 4.68. The van der Waals surface area contributed by atoms with Gasteiger partial charge in [-0.2, -0.15) is 0 Å². The van der Waals surface area contributed by atoms with Crippen molar-refractivity contribution in [1.82, 2.24) is 14.1 Å². The molecule has 0 saturated heterocycles. The van der Waals surface area contributed by atoms with Crippen LogP contribution in [0, 0.1) is 5.41 Å². The van der Waals surface area contributed by atoms with Crippen molar-refractivity contribution in [3.63, 3.8) is 0 Å². The van der Waals surface area contributed by atoms with Crippen molar-refractivity contribution < 1.29 is 5.11 Å². The smallest absolute Gasteiger partial charge is 0.203 e. The maximum Gasteiger partial charge on any atom is 0.203 e. The fraction of sp³-hybridized carbons (Fsp3) is 0.111. The van der Waals surface area contributed by atoms with E-state index in [2.05, 4.69) is 4.98 Å². The van der Waals surface area contributed by atoms with E-state index in [1.807, 2.05) is 40.3 Å². The second kappa shape index (κ2) is 6.06. The molecule has 25 heavy (non-hydrogen) atoms. The Morgan fingerprint density at radius 3 is 2.72 bits per heavy atom. The van der Waals surface area contributed by atoms with Crippen molar-refractivity contribution in [2.45, 2.75) is 6.54 Å². The predicted molar refractivity (Wildman–Crippen MR) is 100 cm³/mol. The molecule has 5 nitrogen and oxygen atoms in total. The molecule has 0 aliphatic carbocycles. The molecule has 126 valence electrons. The number of aromatic nitrogens is 3. The van der Waals surface area contributed by atoms with Crippen LogP contribution in [0.4, 0.5) is 0 Å². The molecule has 7 heteroatoms. The number of thiazole rings is 1. The molecule has 2 aromatic heterocycles. The van der Waals surface area contributed by atoms with Gasteiger partial charge in [-0.25, -0.2) is 4.98 Å². The highest BCUT2D eigenvalue weighted by molar-refractivity contribution is 7.13. The molecular formula is C18H15ClN4OS. The predicted octanol–water partition coefficient (Wildman–Crippen LogP) is 3.99. The number of benzene rings is 2. The Hall–Kier alpha value is -2.57. The van der Waals surface area contributed by atoms with E-state index >= 15 is 0 Å². The zero-order chi connectivity index (χ0) is 17.6. The quantitative estimate of drug-likeness (QED) is 0.572. The molecule has 0 spiro atoms. The van der Waals surface area contributed by atoms with Crippen LogP contribution in [-0.4, -0.2) is 19.2 Å². The van der Waals surface area contributed by atoms with E-state index < -0.39 is 0 Å². The molecule has 0 radical (unpaired) electrons. The number of phenols is 1. The topological polar surface area (TPSA) is 66.8 Å². The van der Waals surface area contributed by atoms with Gasteiger partial charge in [0.05, 0.1) is 17.8 Å². The van der Waals surface area contributed by atoms with Gasteiger partial charge in [-0.1, -0.05) is 29.8 Å². The number of halogens is 1. The van der Waals surface area contributed by atoms with Crippen LogP contribution in [0.3, 0.4) is 0 Å². The first-order chi connectivity index (χ1) is 12.0. The van der Waals surface area contributed by atoms with E-state index in [9.17, 15) is 5.11 Å². The van der Waals surface area contributed by atoms with E-state index in [-0.39, 0.29) is 5.75 Å². The number of hydrogen-bond acceptors (Lipinski definition) is 4. The zero-order valence-corrected chi connectivity index (χ0v) is 15.0. The molecule has 2 N–H and O–H groups in total. The second-order valence-electron chi connectivity index (χ2n) is 5.76. The number of nitrogens with zero attached hydrogens (tertiary/aromatic N) is 3. The van der Waals surface area contributed by atoms with Crippen LogP contribution >= 0.6 is 22.9 Å². The minimum atomic E-state index is 0.174. The Morgan fingerprint density at radius 1 is 1.20 bits per heavy atom. The third kappa shape index (κ3) is 2.73. The fourth-order valence-electron chi connectivity index (χ4n) is 2.91. The molecule has 0 amide bonds. The lowest BCUT2D eigenvalue weighted by molar-refractivity contribution is 0.478. The van der Waals surface area contributed by atoms with Gasteiger partial charge >= 0.3 is 0 Å². The molecule has 4 rings (SSSR count). The van der Waals surface area contributed by atoms with Crippen molar-refractivity contribution >= 4 is 34.0 Å². The van der Waals surface area contributed by atoms with Crippen molar-refractivity contribution in [2.75, 3.05) is 0 Å². The van der Waals surface area contributed by atoms with E-state index in [1.165, 1.54) is 0 Å². The van der Waals surface area contributed by atoms with Crippen LogP contribution in [0.1, 0.15) is 5.69 Å². The Kier molecular flexibility index (Phi) is 3.86. The average Bonchev–Trinajstić information content (AvgIpc) is 3.16. The summed E-state index contributed by atoms with van der Waals surface area (Å²) < 4.78 is 3.52. The van der Waals surface area contributed by atoms with Gasteiger partial charge < -0.3 is 14.2 Å². The second-order valence-corrected chi connectivity index (χ2v) is 7.06. The SMILES string of the molecule is Cn1c(=N)n(Cc2csc(-c3ccc(Cl)cc3)n2)c2cccc(O)c21. The van der Waals surface area contributed by atoms with Crippen molar-refractivity contribution in [3.8, 4) is 16.3 Å². The molecule has 0 unspecified atom stereocenters. The molecule has 2 aromatic carbocycles. The van der Waals surface area contributed by atoms with Gasteiger partial charge in [0.1, 0.15) is 16.3 Å². The summed E-state index contributed by atoms with van der Waals surface area (Å²) in [6.07, 6.45) is 0. The first-order valence-electron chi connectivity index (χ1n) is 7.67. The van der Waals surface area contributed by atoms with Gasteiger partial charge in [-0.3, -0.25) is 5.41 Å². The number of rotatable bonds is 3. The number of phenolic OH excluding ortho intramolecular Hbond substituents is 1. The summed E-state index contributed by atoms with van der Waals surface area (Å²) in [6, 6.07) is 12.9. The molecule has 4 aromatic rings. The van der Waals surface area contributed by atoms with Crippen molar-refractivity contribution in [3.05, 3.63) is 64.2 Å². The fourth-order valence-corrected chi connectivity index (χ4v) is 3.85. The molecule has 0 aliphatic heterocycles. The van der Waals surface area contributed by atoms with Crippen LogP contribution in [0.5, 0.6) is 5.75 Å². The number of nitrogens with one attached hydrogen (secondary N) is 1. The summed E-state index contributed by atoms with van der Waals surface area (Å²) in [7, 11) is 1.78. The summed E-state index contributed by atoms with van der Waals surface area (Å²) in [5.41, 5.74) is 3.68. The maximum absolute atomic E-state index is 10.1. The lowest BCUT2D eigenvalue weighted by Gasteiger charge is -2.02. The van der Waals surface area contributed by atoms with Crippen LogP contribution in [0.25, 0.3) is 21.6 Å². The molecule has 0 bridgehead atoms. The molecule has 0 atom stereocenters. The summed E-state index contributed by atoms with van der Waals surface area (Å²) in [6.45, 7) is 0.476. The number of para-hydroxylation sites is 1. The van der Waals surface area contributed by atoms with E-state index in [4.69, 9.17) is 17.0 Å². The Bertz CT molecular complexity index is 1120. The van der Waals surface area contributed by atoms with Gasteiger partial charge in [0.25, 0.3) is 0 Å². The van der Waals surface area contributed by atoms with Crippen LogP contribution < -0.4 is 5.62 Å². The van der Waals surface area contributed by atoms with E-state index in [1.54, 1.807) is 35.1 Å². The first kappa shape index (κ1) is 15.9. The maximum atomic E-state index is 10.1. The van der Waals surface area contributed by atoms with Crippen molar-refractivity contribution in [2.24, 2.45) is 7.05 Å². The highest BCUT2D eigenvalue weighted by Gasteiger charge is 2.13. The number of fused-ring (bicyclic) bond motifs is 1. The Balaban J connectivity index is 1.73. The lowest BCUT2D eigenvalue weighted by atomic mass is 10.2. The normalized spacial score (nSPS) is 11.3. The lowest BCUT2D eigenvalue weighted by Crippen LogP contribution is -2.23. The monoisotopic (exact) mass is 370 g/mol. The molecular weight excluding hydrogens is 356 g/mol.